The molecule has 0 bridgehead atoms. The van der Waals surface area contributed by atoms with Gasteiger partial charge in [-0.05, 0) is 12.1 Å². The Hall–Kier alpha value is -1.30. The normalized spacial score (nSPS) is 29.9. The van der Waals surface area contributed by atoms with Crippen LogP contribution in [0.25, 0.3) is 0 Å². The topological polar surface area (TPSA) is 52.9 Å². The Morgan fingerprint density at radius 3 is 2.15 bits per heavy atom. The predicted octanol–water partition coefficient (Wildman–Crippen LogP) is 1.10. The van der Waals surface area contributed by atoms with Gasteiger partial charge in [-0.25, -0.2) is 0 Å². The van der Waals surface area contributed by atoms with Crippen LogP contribution < -0.4 is 10.2 Å². The molecule has 0 amide bonds. The molecule has 3 aliphatic rings. The summed E-state index contributed by atoms with van der Waals surface area (Å²) in [5.41, 5.74) is 2.41. The Morgan fingerprint density at radius 1 is 0.950 bits per heavy atom. The third kappa shape index (κ3) is 3.23. The molecule has 1 aromatic carbocycles. The van der Waals surface area contributed by atoms with Crippen LogP contribution in [0.3, 0.4) is 0 Å². The molecule has 0 aliphatic carbocycles. The van der Waals surface area contributed by atoms with Crippen molar-refractivity contribution in [2.75, 3.05) is 49.7 Å². The number of epoxide rings is 3. The standard InChI is InChI=1S/C15H20N2O3/c1-2-4-15(14(3-1)16-5-11-8-18-11)17(6-12-9-19-12)7-13-10-20-13/h1-4,11-13,16H,5-10H2. The second kappa shape index (κ2) is 5.24. The summed E-state index contributed by atoms with van der Waals surface area (Å²) in [7, 11) is 0. The molecule has 0 saturated carbocycles. The lowest BCUT2D eigenvalue weighted by Gasteiger charge is -2.26. The summed E-state index contributed by atoms with van der Waals surface area (Å²) >= 11 is 0. The molecule has 1 aromatic rings. The first-order valence-corrected chi connectivity index (χ1v) is 7.31. The Kier molecular flexibility index (Phi) is 3.26. The fourth-order valence-corrected chi connectivity index (χ4v) is 2.42. The van der Waals surface area contributed by atoms with Gasteiger partial charge in [0, 0.05) is 19.6 Å². The lowest BCUT2D eigenvalue weighted by Crippen LogP contribution is -2.32. The summed E-state index contributed by atoms with van der Waals surface area (Å²) < 4.78 is 16.0. The molecule has 20 heavy (non-hydrogen) atoms. The maximum absolute atomic E-state index is 5.39. The lowest BCUT2D eigenvalue weighted by molar-refractivity contribution is 0.389. The van der Waals surface area contributed by atoms with Crippen LogP contribution in [0, 0.1) is 0 Å². The van der Waals surface area contributed by atoms with Crippen molar-refractivity contribution in [3.63, 3.8) is 0 Å². The number of hydrogen-bond acceptors (Lipinski definition) is 5. The molecule has 4 rings (SSSR count). The summed E-state index contributed by atoms with van der Waals surface area (Å²) in [4.78, 5) is 2.38. The summed E-state index contributed by atoms with van der Waals surface area (Å²) in [5, 5.41) is 3.49. The van der Waals surface area contributed by atoms with E-state index in [9.17, 15) is 0 Å². The van der Waals surface area contributed by atoms with E-state index in [-0.39, 0.29) is 0 Å². The SMILES string of the molecule is c1ccc(N(CC2CO2)CC2CO2)c(NCC2CO2)c1. The second-order valence-corrected chi connectivity index (χ2v) is 5.67. The van der Waals surface area contributed by atoms with Crippen molar-refractivity contribution in [1.82, 2.24) is 0 Å². The zero-order valence-corrected chi connectivity index (χ0v) is 11.5. The van der Waals surface area contributed by atoms with Gasteiger partial charge < -0.3 is 24.4 Å². The third-order valence-electron chi connectivity index (χ3n) is 3.82. The van der Waals surface area contributed by atoms with Crippen LogP contribution in [0.5, 0.6) is 0 Å². The number of benzene rings is 1. The molecule has 5 nitrogen and oxygen atoms in total. The van der Waals surface area contributed by atoms with Crippen molar-refractivity contribution in [2.45, 2.75) is 18.3 Å². The van der Waals surface area contributed by atoms with E-state index in [1.165, 1.54) is 11.4 Å². The smallest absolute Gasteiger partial charge is 0.0984 e. The van der Waals surface area contributed by atoms with Crippen LogP contribution in [0.2, 0.25) is 0 Å². The van der Waals surface area contributed by atoms with Crippen molar-refractivity contribution < 1.29 is 14.2 Å². The van der Waals surface area contributed by atoms with Crippen LogP contribution in [0.4, 0.5) is 11.4 Å². The van der Waals surface area contributed by atoms with Crippen LogP contribution in [0.1, 0.15) is 0 Å². The highest BCUT2D eigenvalue weighted by atomic mass is 16.6. The molecule has 3 unspecified atom stereocenters. The monoisotopic (exact) mass is 276 g/mol. The number of hydrogen-bond donors (Lipinski definition) is 1. The Balaban J connectivity index is 1.49. The quantitative estimate of drug-likeness (QED) is 0.721. The predicted molar refractivity (Wildman–Crippen MR) is 76.4 cm³/mol. The molecular weight excluding hydrogens is 256 g/mol. The highest BCUT2D eigenvalue weighted by molar-refractivity contribution is 5.70. The molecule has 108 valence electrons. The average Bonchev–Trinajstić information content (AvgIpc) is 3.32. The van der Waals surface area contributed by atoms with Crippen molar-refractivity contribution in [2.24, 2.45) is 0 Å². The molecule has 1 N–H and O–H groups in total. The maximum Gasteiger partial charge on any atom is 0.0984 e. The van der Waals surface area contributed by atoms with Gasteiger partial charge in [0.15, 0.2) is 0 Å². The fraction of sp³-hybridized carbons (Fsp3) is 0.600. The van der Waals surface area contributed by atoms with Gasteiger partial charge in [-0.3, -0.25) is 0 Å². The first-order chi connectivity index (χ1) is 9.88. The first-order valence-electron chi connectivity index (χ1n) is 7.31. The molecular formula is C15H20N2O3. The van der Waals surface area contributed by atoms with E-state index in [0.717, 1.165) is 39.5 Å². The van der Waals surface area contributed by atoms with Crippen molar-refractivity contribution in [3.05, 3.63) is 24.3 Å². The third-order valence-corrected chi connectivity index (χ3v) is 3.82. The number of anilines is 2. The largest absolute Gasteiger partial charge is 0.381 e. The maximum atomic E-state index is 5.39. The van der Waals surface area contributed by atoms with Gasteiger partial charge in [-0.1, -0.05) is 12.1 Å². The van der Waals surface area contributed by atoms with Gasteiger partial charge >= 0.3 is 0 Å². The molecule has 3 aliphatic heterocycles. The molecule has 0 spiro atoms. The van der Waals surface area contributed by atoms with E-state index in [2.05, 4.69) is 34.5 Å². The van der Waals surface area contributed by atoms with E-state index in [1.807, 2.05) is 0 Å². The highest BCUT2D eigenvalue weighted by Gasteiger charge is 2.31. The number of para-hydroxylation sites is 2. The van der Waals surface area contributed by atoms with Crippen molar-refractivity contribution in [3.8, 4) is 0 Å². The summed E-state index contributed by atoms with van der Waals surface area (Å²) in [6.07, 6.45) is 1.15. The van der Waals surface area contributed by atoms with Crippen LogP contribution in [-0.4, -0.2) is 57.8 Å². The van der Waals surface area contributed by atoms with Gasteiger partial charge in [0.05, 0.1) is 49.5 Å². The van der Waals surface area contributed by atoms with Gasteiger partial charge in [-0.2, -0.15) is 0 Å². The Labute approximate surface area is 118 Å². The minimum Gasteiger partial charge on any atom is -0.381 e. The van der Waals surface area contributed by atoms with Crippen LogP contribution in [0.15, 0.2) is 24.3 Å². The van der Waals surface area contributed by atoms with E-state index < -0.39 is 0 Å². The second-order valence-electron chi connectivity index (χ2n) is 5.67. The van der Waals surface area contributed by atoms with Crippen LogP contribution >= 0.6 is 0 Å². The average molecular weight is 276 g/mol. The van der Waals surface area contributed by atoms with Gasteiger partial charge in [-0.15, -0.1) is 0 Å². The molecule has 0 radical (unpaired) electrons. The molecule has 5 heteroatoms. The zero-order chi connectivity index (χ0) is 13.4. The Bertz CT molecular complexity index is 456. The number of rotatable bonds is 8. The number of ether oxygens (including phenoxy) is 3. The molecule has 3 saturated heterocycles. The lowest BCUT2D eigenvalue weighted by atomic mass is 10.2. The van der Waals surface area contributed by atoms with Crippen molar-refractivity contribution in [1.29, 1.82) is 0 Å². The van der Waals surface area contributed by atoms with Gasteiger partial charge in [0.2, 0.25) is 0 Å². The first kappa shape index (κ1) is 12.4. The van der Waals surface area contributed by atoms with E-state index in [4.69, 9.17) is 14.2 Å². The van der Waals surface area contributed by atoms with Crippen LogP contribution in [-0.2, 0) is 14.2 Å². The molecule has 0 aromatic heterocycles. The molecule has 3 heterocycles. The Morgan fingerprint density at radius 2 is 1.55 bits per heavy atom. The minimum absolute atomic E-state index is 0.383. The number of nitrogens with zero attached hydrogens (tertiary/aromatic N) is 1. The summed E-state index contributed by atoms with van der Waals surface area (Å²) in [6, 6.07) is 8.45. The highest BCUT2D eigenvalue weighted by Crippen LogP contribution is 2.29. The molecule has 3 atom stereocenters. The van der Waals surface area contributed by atoms with E-state index in [0.29, 0.717) is 18.3 Å². The minimum atomic E-state index is 0.383. The van der Waals surface area contributed by atoms with E-state index >= 15 is 0 Å². The zero-order valence-electron chi connectivity index (χ0n) is 11.5. The van der Waals surface area contributed by atoms with Crippen molar-refractivity contribution >= 4 is 11.4 Å². The van der Waals surface area contributed by atoms with Gasteiger partial charge in [0.25, 0.3) is 0 Å². The fourth-order valence-electron chi connectivity index (χ4n) is 2.42. The molecule has 3 fully saturated rings. The van der Waals surface area contributed by atoms with E-state index in [1.54, 1.807) is 0 Å². The number of nitrogens with one attached hydrogen (secondary N) is 1. The van der Waals surface area contributed by atoms with Gasteiger partial charge in [0.1, 0.15) is 0 Å². The summed E-state index contributed by atoms with van der Waals surface area (Å²) in [5.74, 6) is 0. The summed E-state index contributed by atoms with van der Waals surface area (Å²) in [6.45, 7) is 5.41.